The summed E-state index contributed by atoms with van der Waals surface area (Å²) in [6, 6.07) is 0. The highest BCUT2D eigenvalue weighted by molar-refractivity contribution is 6.34. The highest BCUT2D eigenvalue weighted by Gasteiger charge is 2.32. The number of hydrogen-bond acceptors (Lipinski definition) is 1. The lowest BCUT2D eigenvalue weighted by Gasteiger charge is -2.38. The maximum absolute atomic E-state index is 5.80. The summed E-state index contributed by atoms with van der Waals surface area (Å²) in [7, 11) is 1.83. The van der Waals surface area contributed by atoms with Crippen molar-refractivity contribution in [3.05, 3.63) is 12.1 Å². The first-order valence-electron chi connectivity index (χ1n) is 6.37. The summed E-state index contributed by atoms with van der Waals surface area (Å²) in [6.45, 7) is 15.3. The molecule has 1 radical (unpaired) electrons. The Morgan fingerprint density at radius 2 is 1.75 bits per heavy atom. The standard InChI is InChI=1S/C14H28BO/c1-8-12(2)10-9-11-15-16-14(6,7)13(3,4)5/h9,11-12H,8,10H2,1-7H3. The van der Waals surface area contributed by atoms with Crippen LogP contribution in [0.5, 0.6) is 0 Å². The van der Waals surface area contributed by atoms with Crippen molar-refractivity contribution in [3.8, 4) is 0 Å². The molecule has 93 valence electrons. The van der Waals surface area contributed by atoms with Gasteiger partial charge in [0.2, 0.25) is 0 Å². The van der Waals surface area contributed by atoms with Gasteiger partial charge in [-0.25, -0.2) is 0 Å². The normalized spacial score (nSPS) is 15.4. The molecule has 0 aromatic rings. The zero-order valence-electron chi connectivity index (χ0n) is 12.1. The van der Waals surface area contributed by atoms with E-state index < -0.39 is 0 Å². The van der Waals surface area contributed by atoms with Gasteiger partial charge in [-0.05, 0) is 31.6 Å². The Labute approximate surface area is 103 Å². The highest BCUT2D eigenvalue weighted by atomic mass is 16.5. The molecular weight excluding hydrogens is 195 g/mol. The van der Waals surface area contributed by atoms with Crippen LogP contribution in [0.4, 0.5) is 0 Å². The first-order valence-corrected chi connectivity index (χ1v) is 6.37. The van der Waals surface area contributed by atoms with Crippen LogP contribution in [0.2, 0.25) is 0 Å². The first-order chi connectivity index (χ1) is 7.20. The summed E-state index contributed by atoms with van der Waals surface area (Å²) in [5, 5.41) is 0. The molecule has 0 aliphatic rings. The van der Waals surface area contributed by atoms with E-state index in [1.54, 1.807) is 0 Å². The van der Waals surface area contributed by atoms with Crippen LogP contribution in [0.1, 0.15) is 61.3 Å². The van der Waals surface area contributed by atoms with Crippen LogP contribution in [0.3, 0.4) is 0 Å². The Morgan fingerprint density at radius 3 is 2.19 bits per heavy atom. The minimum atomic E-state index is -0.131. The van der Waals surface area contributed by atoms with Gasteiger partial charge in [-0.3, -0.25) is 0 Å². The predicted octanol–water partition coefficient (Wildman–Crippen LogP) is 4.40. The summed E-state index contributed by atoms with van der Waals surface area (Å²) < 4.78 is 5.80. The third-order valence-corrected chi connectivity index (χ3v) is 3.62. The van der Waals surface area contributed by atoms with Gasteiger partial charge in [0.05, 0.1) is 5.60 Å². The third kappa shape index (κ3) is 5.74. The van der Waals surface area contributed by atoms with E-state index >= 15 is 0 Å². The van der Waals surface area contributed by atoms with Crippen LogP contribution in [-0.4, -0.2) is 13.1 Å². The van der Waals surface area contributed by atoms with Crippen LogP contribution >= 0.6 is 0 Å². The molecule has 0 rings (SSSR count). The average molecular weight is 223 g/mol. The molecule has 0 heterocycles. The van der Waals surface area contributed by atoms with E-state index in [-0.39, 0.29) is 11.0 Å². The molecule has 2 heteroatoms. The van der Waals surface area contributed by atoms with Crippen LogP contribution in [-0.2, 0) is 4.65 Å². The van der Waals surface area contributed by atoms with Crippen LogP contribution in [0, 0.1) is 11.3 Å². The Hall–Kier alpha value is -0.235. The molecule has 0 spiro atoms. The molecule has 0 aromatic carbocycles. The molecule has 16 heavy (non-hydrogen) atoms. The molecule has 0 fully saturated rings. The lowest BCUT2D eigenvalue weighted by Crippen LogP contribution is -2.40. The van der Waals surface area contributed by atoms with Crippen molar-refractivity contribution >= 4 is 7.48 Å². The van der Waals surface area contributed by atoms with Gasteiger partial charge in [-0.1, -0.05) is 53.1 Å². The zero-order valence-corrected chi connectivity index (χ0v) is 12.1. The minimum absolute atomic E-state index is 0.131. The molecule has 0 saturated heterocycles. The Bertz CT molecular complexity index is 213. The quantitative estimate of drug-likeness (QED) is 0.606. The van der Waals surface area contributed by atoms with Gasteiger partial charge in [0.1, 0.15) is 0 Å². The topological polar surface area (TPSA) is 9.23 Å². The molecule has 0 N–H and O–H groups in total. The summed E-state index contributed by atoms with van der Waals surface area (Å²) in [5.74, 6) is 2.79. The molecule has 0 aliphatic carbocycles. The van der Waals surface area contributed by atoms with Crippen molar-refractivity contribution < 1.29 is 4.65 Å². The zero-order chi connectivity index (χ0) is 12.8. The smallest absolute Gasteiger partial charge is 0.322 e. The van der Waals surface area contributed by atoms with E-state index in [2.05, 4.69) is 54.5 Å². The monoisotopic (exact) mass is 223 g/mol. The summed E-state index contributed by atoms with van der Waals surface area (Å²) in [5.41, 5.74) is 0.0156. The maximum atomic E-state index is 5.80. The van der Waals surface area contributed by atoms with Crippen molar-refractivity contribution in [1.82, 2.24) is 0 Å². The lowest BCUT2D eigenvalue weighted by molar-refractivity contribution is 0.00479. The van der Waals surface area contributed by atoms with E-state index in [1.807, 2.05) is 13.5 Å². The van der Waals surface area contributed by atoms with Crippen LogP contribution < -0.4 is 0 Å². The average Bonchev–Trinajstić information content (AvgIpc) is 2.15. The SMILES string of the molecule is CCC(C)CC=C[B]OC(C)(C)C(C)(C)C. The molecule has 1 atom stereocenters. The van der Waals surface area contributed by atoms with Gasteiger partial charge < -0.3 is 4.65 Å². The van der Waals surface area contributed by atoms with Crippen molar-refractivity contribution in [2.45, 2.75) is 66.9 Å². The minimum Gasteiger partial charge on any atom is -0.430 e. The summed E-state index contributed by atoms with van der Waals surface area (Å²) >= 11 is 0. The number of allylic oxidation sites excluding steroid dienone is 1. The van der Waals surface area contributed by atoms with Gasteiger partial charge >= 0.3 is 7.48 Å². The Morgan fingerprint density at radius 1 is 1.19 bits per heavy atom. The number of rotatable bonds is 6. The highest BCUT2D eigenvalue weighted by Crippen LogP contribution is 2.32. The maximum Gasteiger partial charge on any atom is 0.322 e. The number of hydrogen-bond donors (Lipinski definition) is 0. The van der Waals surface area contributed by atoms with Crippen molar-refractivity contribution in [1.29, 1.82) is 0 Å². The Kier molecular flexibility index (Phi) is 6.39. The van der Waals surface area contributed by atoms with E-state index in [0.29, 0.717) is 0 Å². The van der Waals surface area contributed by atoms with E-state index in [4.69, 9.17) is 4.65 Å². The molecule has 0 aliphatic heterocycles. The van der Waals surface area contributed by atoms with Gasteiger partial charge in [0, 0.05) is 0 Å². The first kappa shape index (κ1) is 15.8. The Balaban J connectivity index is 3.90. The van der Waals surface area contributed by atoms with E-state index in [1.165, 1.54) is 6.42 Å². The van der Waals surface area contributed by atoms with E-state index in [9.17, 15) is 0 Å². The fourth-order valence-electron chi connectivity index (χ4n) is 0.919. The van der Waals surface area contributed by atoms with Crippen LogP contribution in [0.25, 0.3) is 0 Å². The second-order valence-corrected chi connectivity index (χ2v) is 6.19. The van der Waals surface area contributed by atoms with Crippen molar-refractivity contribution in [2.24, 2.45) is 11.3 Å². The third-order valence-electron chi connectivity index (χ3n) is 3.62. The second kappa shape index (κ2) is 6.49. The van der Waals surface area contributed by atoms with Gasteiger partial charge in [-0.2, -0.15) is 0 Å². The van der Waals surface area contributed by atoms with Gasteiger partial charge in [-0.15, -0.1) is 0 Å². The van der Waals surface area contributed by atoms with Crippen molar-refractivity contribution in [2.75, 3.05) is 0 Å². The molecule has 0 bridgehead atoms. The molecule has 0 amide bonds. The summed E-state index contributed by atoms with van der Waals surface area (Å²) in [6.07, 6.45) is 4.55. The fraction of sp³-hybridized carbons (Fsp3) is 0.857. The molecule has 0 aromatic heterocycles. The van der Waals surface area contributed by atoms with Gasteiger partial charge in [0.15, 0.2) is 0 Å². The molecular formula is C14H28BO. The predicted molar refractivity (Wildman–Crippen MR) is 73.6 cm³/mol. The second-order valence-electron chi connectivity index (χ2n) is 6.19. The lowest BCUT2D eigenvalue weighted by atomic mass is 9.77. The van der Waals surface area contributed by atoms with Crippen LogP contribution in [0.15, 0.2) is 12.1 Å². The molecule has 0 saturated carbocycles. The van der Waals surface area contributed by atoms with E-state index in [0.717, 1.165) is 12.3 Å². The molecule has 1 nitrogen and oxygen atoms in total. The summed E-state index contributed by atoms with van der Waals surface area (Å²) in [4.78, 5) is 0. The van der Waals surface area contributed by atoms with Gasteiger partial charge in [0.25, 0.3) is 0 Å². The molecule has 1 unspecified atom stereocenters. The fourth-order valence-corrected chi connectivity index (χ4v) is 0.919. The largest absolute Gasteiger partial charge is 0.430 e. The van der Waals surface area contributed by atoms with Crippen molar-refractivity contribution in [3.63, 3.8) is 0 Å².